The van der Waals surface area contributed by atoms with Crippen LogP contribution in [0.1, 0.15) is 11.5 Å². The Balaban J connectivity index is 1.78. The lowest BCUT2D eigenvalue weighted by atomic mass is 10.3. The third-order valence-corrected chi connectivity index (χ3v) is 3.42. The summed E-state index contributed by atoms with van der Waals surface area (Å²) >= 11 is 1.59. The molecule has 0 spiro atoms. The second-order valence-electron chi connectivity index (χ2n) is 4.04. The molecule has 0 unspecified atom stereocenters. The Kier molecular flexibility index (Phi) is 2.71. The number of H-pyrrole nitrogens is 1. The van der Waals surface area contributed by atoms with Crippen molar-refractivity contribution in [1.82, 2.24) is 15.1 Å². The highest BCUT2D eigenvalue weighted by Gasteiger charge is 2.06. The Morgan fingerprint density at radius 1 is 1.39 bits per heavy atom. The van der Waals surface area contributed by atoms with Gasteiger partial charge in [-0.1, -0.05) is 16.9 Å². The minimum absolute atomic E-state index is 0.729. The van der Waals surface area contributed by atoms with E-state index in [9.17, 15) is 0 Å². The van der Waals surface area contributed by atoms with Crippen molar-refractivity contribution in [3.8, 4) is 0 Å². The van der Waals surface area contributed by atoms with Crippen molar-refractivity contribution in [2.24, 2.45) is 0 Å². The van der Waals surface area contributed by atoms with Crippen molar-refractivity contribution >= 4 is 28.5 Å². The first-order valence-electron chi connectivity index (χ1n) is 5.51. The van der Waals surface area contributed by atoms with Crippen LogP contribution < -0.4 is 5.73 Å². The van der Waals surface area contributed by atoms with E-state index in [4.69, 9.17) is 10.3 Å². The van der Waals surface area contributed by atoms with Crippen LogP contribution in [0.25, 0.3) is 11.0 Å². The molecule has 1 aromatic carbocycles. The van der Waals surface area contributed by atoms with Crippen molar-refractivity contribution in [1.29, 1.82) is 0 Å². The lowest BCUT2D eigenvalue weighted by molar-refractivity contribution is 0.393. The number of thioether (sulfide) groups is 1. The Labute approximate surface area is 108 Å². The molecular weight excluding hydrogens is 248 g/mol. The molecule has 2 heterocycles. The van der Waals surface area contributed by atoms with Crippen LogP contribution in [-0.2, 0) is 5.75 Å². The number of nitrogens with zero attached hydrogens (tertiary/aromatic N) is 2. The fourth-order valence-electron chi connectivity index (χ4n) is 1.70. The number of rotatable bonds is 3. The van der Waals surface area contributed by atoms with Crippen molar-refractivity contribution in [3.63, 3.8) is 0 Å². The zero-order valence-corrected chi connectivity index (χ0v) is 10.6. The van der Waals surface area contributed by atoms with Gasteiger partial charge in [0.05, 0.1) is 16.7 Å². The first-order valence-corrected chi connectivity index (χ1v) is 6.49. The van der Waals surface area contributed by atoms with Crippen LogP contribution in [0.4, 0.5) is 5.69 Å². The largest absolute Gasteiger partial charge is 0.399 e. The number of aryl methyl sites for hydroxylation is 1. The van der Waals surface area contributed by atoms with Gasteiger partial charge in [-0.05, 0) is 25.1 Å². The topological polar surface area (TPSA) is 80.7 Å². The standard InChI is InChI=1S/C12H12N4OS/c1-7-4-9(16-17-7)6-18-12-14-10-3-2-8(13)5-11(10)15-12/h2-5H,6,13H2,1H3,(H,14,15). The summed E-state index contributed by atoms with van der Waals surface area (Å²) in [5.74, 6) is 1.55. The van der Waals surface area contributed by atoms with E-state index < -0.39 is 0 Å². The maximum absolute atomic E-state index is 5.72. The van der Waals surface area contributed by atoms with Crippen molar-refractivity contribution in [2.45, 2.75) is 17.8 Å². The molecule has 0 aliphatic heterocycles. The van der Waals surface area contributed by atoms with Gasteiger partial charge in [-0.2, -0.15) is 0 Å². The van der Waals surface area contributed by atoms with Crippen LogP contribution in [0.2, 0.25) is 0 Å². The highest BCUT2D eigenvalue weighted by Crippen LogP contribution is 2.23. The van der Waals surface area contributed by atoms with Crippen LogP contribution in [0.3, 0.4) is 0 Å². The number of benzene rings is 1. The molecule has 0 fully saturated rings. The molecule has 0 saturated carbocycles. The van der Waals surface area contributed by atoms with E-state index in [2.05, 4.69) is 15.1 Å². The molecule has 0 saturated heterocycles. The summed E-state index contributed by atoms with van der Waals surface area (Å²) < 4.78 is 5.02. The maximum atomic E-state index is 5.72. The zero-order chi connectivity index (χ0) is 12.5. The van der Waals surface area contributed by atoms with Gasteiger partial charge in [0.15, 0.2) is 5.16 Å². The summed E-state index contributed by atoms with van der Waals surface area (Å²) in [5.41, 5.74) is 9.24. The summed E-state index contributed by atoms with van der Waals surface area (Å²) in [6.45, 7) is 1.88. The van der Waals surface area contributed by atoms with Crippen LogP contribution in [0.5, 0.6) is 0 Å². The van der Waals surface area contributed by atoms with Crippen molar-refractivity contribution in [3.05, 3.63) is 35.7 Å². The fraction of sp³-hybridized carbons (Fsp3) is 0.167. The van der Waals surface area contributed by atoms with Crippen LogP contribution in [0, 0.1) is 6.92 Å². The lowest BCUT2D eigenvalue weighted by Crippen LogP contribution is -1.82. The van der Waals surface area contributed by atoms with E-state index in [1.807, 2.05) is 31.2 Å². The quantitative estimate of drug-likeness (QED) is 0.559. The van der Waals surface area contributed by atoms with Gasteiger partial charge in [0.1, 0.15) is 5.76 Å². The molecule has 0 amide bonds. The number of fused-ring (bicyclic) bond motifs is 1. The van der Waals surface area contributed by atoms with Gasteiger partial charge < -0.3 is 15.2 Å². The summed E-state index contributed by atoms with van der Waals surface area (Å²) in [5, 5.41) is 4.80. The van der Waals surface area contributed by atoms with E-state index in [1.54, 1.807) is 11.8 Å². The summed E-state index contributed by atoms with van der Waals surface area (Å²) in [6, 6.07) is 7.56. The highest BCUT2D eigenvalue weighted by molar-refractivity contribution is 7.98. The number of hydrogen-bond acceptors (Lipinski definition) is 5. The molecule has 3 rings (SSSR count). The molecule has 2 aromatic heterocycles. The molecule has 3 aromatic rings. The van der Waals surface area contributed by atoms with Gasteiger partial charge in [0.25, 0.3) is 0 Å². The first-order chi connectivity index (χ1) is 8.70. The summed E-state index contributed by atoms with van der Waals surface area (Å²) in [7, 11) is 0. The molecule has 0 bridgehead atoms. The third kappa shape index (κ3) is 2.19. The number of aromatic nitrogens is 3. The predicted octanol–water partition coefficient (Wildman–Crippen LogP) is 2.73. The predicted molar refractivity (Wildman–Crippen MR) is 71.3 cm³/mol. The number of anilines is 1. The molecule has 5 nitrogen and oxygen atoms in total. The van der Waals surface area contributed by atoms with E-state index in [-0.39, 0.29) is 0 Å². The zero-order valence-electron chi connectivity index (χ0n) is 9.80. The van der Waals surface area contributed by atoms with Gasteiger partial charge in [-0.3, -0.25) is 0 Å². The van der Waals surface area contributed by atoms with E-state index >= 15 is 0 Å². The maximum Gasteiger partial charge on any atom is 0.166 e. The van der Waals surface area contributed by atoms with Gasteiger partial charge in [-0.25, -0.2) is 4.98 Å². The highest BCUT2D eigenvalue weighted by atomic mass is 32.2. The Morgan fingerprint density at radius 2 is 2.28 bits per heavy atom. The second kappa shape index (κ2) is 4.38. The Bertz CT molecular complexity index is 688. The minimum Gasteiger partial charge on any atom is -0.399 e. The molecule has 0 radical (unpaired) electrons. The van der Waals surface area contributed by atoms with Gasteiger partial charge >= 0.3 is 0 Å². The number of nitrogen functional groups attached to an aromatic ring is 1. The number of imidazole rings is 1. The summed E-state index contributed by atoms with van der Waals surface area (Å²) in [6.07, 6.45) is 0. The second-order valence-corrected chi connectivity index (χ2v) is 5.00. The molecule has 0 atom stereocenters. The van der Waals surface area contributed by atoms with Gasteiger partial charge in [-0.15, -0.1) is 0 Å². The third-order valence-electron chi connectivity index (χ3n) is 2.52. The first kappa shape index (κ1) is 11.2. The van der Waals surface area contributed by atoms with Crippen LogP contribution >= 0.6 is 11.8 Å². The van der Waals surface area contributed by atoms with E-state index in [0.29, 0.717) is 0 Å². The number of nitrogens with one attached hydrogen (secondary N) is 1. The van der Waals surface area contributed by atoms with Gasteiger partial charge in [0, 0.05) is 17.5 Å². The average Bonchev–Trinajstić information content (AvgIpc) is 2.92. The molecular formula is C12H12N4OS. The molecule has 0 aliphatic carbocycles. The lowest BCUT2D eigenvalue weighted by Gasteiger charge is -1.91. The van der Waals surface area contributed by atoms with Crippen molar-refractivity contribution < 1.29 is 4.52 Å². The molecule has 92 valence electrons. The average molecular weight is 260 g/mol. The van der Waals surface area contributed by atoms with Crippen molar-refractivity contribution in [2.75, 3.05) is 5.73 Å². The van der Waals surface area contributed by atoms with Crippen LogP contribution in [-0.4, -0.2) is 15.1 Å². The SMILES string of the molecule is Cc1cc(CSc2nc3ccc(N)cc3[nH]2)no1. The Hall–Kier alpha value is -1.95. The normalized spacial score (nSPS) is 11.2. The molecule has 6 heteroatoms. The number of nitrogens with two attached hydrogens (primary N) is 1. The Morgan fingerprint density at radius 3 is 3.06 bits per heavy atom. The number of hydrogen-bond donors (Lipinski definition) is 2. The monoisotopic (exact) mass is 260 g/mol. The minimum atomic E-state index is 0.729. The van der Waals surface area contributed by atoms with Crippen LogP contribution in [0.15, 0.2) is 33.9 Å². The van der Waals surface area contributed by atoms with E-state index in [1.165, 1.54) is 0 Å². The number of aromatic amines is 1. The smallest absolute Gasteiger partial charge is 0.166 e. The molecule has 18 heavy (non-hydrogen) atoms. The van der Waals surface area contributed by atoms with Gasteiger partial charge in [0.2, 0.25) is 0 Å². The molecule has 3 N–H and O–H groups in total. The van der Waals surface area contributed by atoms with E-state index in [0.717, 1.165) is 39.1 Å². The fourth-order valence-corrected chi connectivity index (χ4v) is 2.47. The summed E-state index contributed by atoms with van der Waals surface area (Å²) in [4.78, 5) is 7.70. The molecule has 0 aliphatic rings.